The molecule has 0 unspecified atom stereocenters. The van der Waals surface area contributed by atoms with Gasteiger partial charge in [0.1, 0.15) is 5.75 Å². The average molecular weight is 419 g/mol. The molecule has 2 aromatic rings. The molecule has 0 heterocycles. The quantitative estimate of drug-likeness (QED) is 0.747. The Kier molecular flexibility index (Phi) is 7.21. The number of hydrogen-bond acceptors (Lipinski definition) is 3. The summed E-state index contributed by atoms with van der Waals surface area (Å²) in [5.74, 6) is 0.539. The zero-order valence-corrected chi connectivity index (χ0v) is 16.8. The highest BCUT2D eigenvalue weighted by Gasteiger charge is 2.13. The van der Waals surface area contributed by atoms with E-state index in [1.54, 1.807) is 31.2 Å². The van der Waals surface area contributed by atoms with E-state index in [9.17, 15) is 9.59 Å². The topological polar surface area (TPSA) is 58.6 Å². The number of nitrogens with zero attached hydrogens (tertiary/aromatic N) is 1. The van der Waals surface area contributed by atoms with Gasteiger partial charge >= 0.3 is 0 Å². The Balaban J connectivity index is 1.84. The molecule has 0 spiro atoms. The Hall–Kier alpha value is -2.34. The minimum atomic E-state index is -0.187. The maximum atomic E-state index is 12.3. The Morgan fingerprint density at radius 3 is 2.50 bits per heavy atom. The van der Waals surface area contributed by atoms with Crippen LogP contribution in [0.25, 0.3) is 0 Å². The molecule has 0 atom stereocenters. The van der Waals surface area contributed by atoms with Gasteiger partial charge in [0.15, 0.2) is 0 Å². The van der Waals surface area contributed by atoms with E-state index in [0.29, 0.717) is 18.7 Å². The molecule has 138 valence electrons. The normalized spacial score (nSPS) is 10.3. The first-order valence-corrected chi connectivity index (χ1v) is 9.11. The van der Waals surface area contributed by atoms with Crippen molar-refractivity contribution in [3.8, 4) is 5.75 Å². The van der Waals surface area contributed by atoms with Gasteiger partial charge in [0.05, 0.1) is 7.11 Å². The number of rotatable bonds is 7. The van der Waals surface area contributed by atoms with E-state index in [2.05, 4.69) is 21.2 Å². The summed E-state index contributed by atoms with van der Waals surface area (Å²) in [6.45, 7) is 2.76. The highest BCUT2D eigenvalue weighted by Crippen LogP contribution is 2.21. The van der Waals surface area contributed by atoms with Gasteiger partial charge in [-0.1, -0.05) is 33.6 Å². The highest BCUT2D eigenvalue weighted by atomic mass is 79.9. The van der Waals surface area contributed by atoms with Crippen LogP contribution in [0.5, 0.6) is 5.75 Å². The zero-order chi connectivity index (χ0) is 19.1. The molecule has 26 heavy (non-hydrogen) atoms. The minimum absolute atomic E-state index is 0.0373. The van der Waals surface area contributed by atoms with Gasteiger partial charge in [0.25, 0.3) is 5.91 Å². The van der Waals surface area contributed by atoms with E-state index < -0.39 is 0 Å². The van der Waals surface area contributed by atoms with Gasteiger partial charge in [-0.3, -0.25) is 9.59 Å². The first-order chi connectivity index (χ1) is 12.4. The van der Waals surface area contributed by atoms with Crippen molar-refractivity contribution in [3.63, 3.8) is 0 Å². The first kappa shape index (κ1) is 20.0. The molecule has 0 bridgehead atoms. The van der Waals surface area contributed by atoms with Crippen LogP contribution in [0.2, 0.25) is 0 Å². The van der Waals surface area contributed by atoms with Gasteiger partial charge < -0.3 is 15.0 Å². The largest absolute Gasteiger partial charge is 0.496 e. The average Bonchev–Trinajstić information content (AvgIpc) is 2.62. The van der Waals surface area contributed by atoms with E-state index >= 15 is 0 Å². The second-order valence-corrected chi connectivity index (χ2v) is 6.99. The van der Waals surface area contributed by atoms with Crippen LogP contribution in [0.1, 0.15) is 27.9 Å². The molecule has 0 aromatic heterocycles. The Labute approximate surface area is 162 Å². The lowest BCUT2D eigenvalue weighted by Crippen LogP contribution is -2.32. The van der Waals surface area contributed by atoms with E-state index in [4.69, 9.17) is 4.74 Å². The van der Waals surface area contributed by atoms with E-state index in [0.717, 1.165) is 21.3 Å². The molecule has 0 saturated carbocycles. The smallest absolute Gasteiger partial charge is 0.251 e. The van der Waals surface area contributed by atoms with Crippen LogP contribution in [0.4, 0.5) is 0 Å². The van der Waals surface area contributed by atoms with Crippen molar-refractivity contribution in [1.82, 2.24) is 10.2 Å². The second kappa shape index (κ2) is 9.38. The van der Waals surface area contributed by atoms with Crippen LogP contribution < -0.4 is 10.1 Å². The predicted octanol–water partition coefficient (Wildman–Crippen LogP) is 3.54. The lowest BCUT2D eigenvalue weighted by molar-refractivity contribution is -0.130. The summed E-state index contributed by atoms with van der Waals surface area (Å²) < 4.78 is 6.27. The van der Waals surface area contributed by atoms with Crippen LogP contribution in [0.3, 0.4) is 0 Å². The molecule has 0 aliphatic heterocycles. The van der Waals surface area contributed by atoms with Crippen molar-refractivity contribution in [3.05, 3.63) is 63.6 Å². The molecular formula is C20H23BrN2O3. The number of benzene rings is 2. The number of ether oxygens (including phenoxy) is 1. The molecular weight excluding hydrogens is 396 g/mol. The summed E-state index contributed by atoms with van der Waals surface area (Å²) >= 11 is 3.33. The Morgan fingerprint density at radius 2 is 1.85 bits per heavy atom. The number of carbonyl (C=O) groups is 2. The van der Waals surface area contributed by atoms with E-state index in [1.807, 2.05) is 37.3 Å². The van der Waals surface area contributed by atoms with Crippen molar-refractivity contribution < 1.29 is 14.3 Å². The van der Waals surface area contributed by atoms with E-state index in [1.165, 1.54) is 0 Å². The molecule has 1 N–H and O–H groups in total. The van der Waals surface area contributed by atoms with Crippen LogP contribution in [-0.4, -0.2) is 37.4 Å². The van der Waals surface area contributed by atoms with Gasteiger partial charge in [-0.05, 0) is 37.3 Å². The van der Waals surface area contributed by atoms with Crippen molar-refractivity contribution >= 4 is 27.7 Å². The summed E-state index contributed by atoms with van der Waals surface area (Å²) in [7, 11) is 3.37. The fraction of sp³-hybridized carbons (Fsp3) is 0.300. The maximum absolute atomic E-state index is 12.3. The fourth-order valence-corrected chi connectivity index (χ4v) is 2.82. The monoisotopic (exact) mass is 418 g/mol. The lowest BCUT2D eigenvalue weighted by atomic mass is 10.1. The third-order valence-electron chi connectivity index (χ3n) is 4.00. The summed E-state index contributed by atoms with van der Waals surface area (Å²) in [5, 5.41) is 2.77. The molecule has 2 aromatic carbocycles. The number of nitrogens with one attached hydrogen (secondary N) is 1. The van der Waals surface area contributed by atoms with Crippen molar-refractivity contribution in [1.29, 1.82) is 0 Å². The van der Waals surface area contributed by atoms with Gasteiger partial charge in [-0.25, -0.2) is 0 Å². The summed E-state index contributed by atoms with van der Waals surface area (Å²) in [4.78, 5) is 26.0. The molecule has 2 rings (SSSR count). The van der Waals surface area contributed by atoms with E-state index in [-0.39, 0.29) is 18.2 Å². The Bertz CT molecular complexity index is 775. The number of aryl methyl sites for hydroxylation is 1. The standard InChI is InChI=1S/C20H23BrN2O3/c1-14-4-9-18(26-3)16(12-14)13-23(2)19(24)10-11-22-20(25)15-5-7-17(21)8-6-15/h4-9,12H,10-11,13H2,1-3H3,(H,22,25). The van der Waals surface area contributed by atoms with Gasteiger partial charge in [-0.2, -0.15) is 0 Å². The third-order valence-corrected chi connectivity index (χ3v) is 4.53. The minimum Gasteiger partial charge on any atom is -0.496 e. The second-order valence-electron chi connectivity index (χ2n) is 6.08. The maximum Gasteiger partial charge on any atom is 0.251 e. The molecule has 0 fully saturated rings. The van der Waals surface area contributed by atoms with Crippen molar-refractivity contribution in [2.24, 2.45) is 0 Å². The van der Waals surface area contributed by atoms with Gasteiger partial charge in [0.2, 0.25) is 5.91 Å². The SMILES string of the molecule is COc1ccc(C)cc1CN(C)C(=O)CCNC(=O)c1ccc(Br)cc1. The van der Waals surface area contributed by atoms with Crippen LogP contribution in [0, 0.1) is 6.92 Å². The number of halogens is 1. The highest BCUT2D eigenvalue weighted by molar-refractivity contribution is 9.10. The molecule has 5 nitrogen and oxygen atoms in total. The molecule has 0 aliphatic carbocycles. The van der Waals surface area contributed by atoms with Crippen LogP contribution in [0.15, 0.2) is 46.9 Å². The third kappa shape index (κ3) is 5.59. The fourth-order valence-electron chi connectivity index (χ4n) is 2.55. The van der Waals surface area contributed by atoms with Crippen LogP contribution in [-0.2, 0) is 11.3 Å². The summed E-state index contributed by atoms with van der Waals surface area (Å²) in [6, 6.07) is 13.0. The molecule has 2 amide bonds. The molecule has 0 saturated heterocycles. The van der Waals surface area contributed by atoms with Gasteiger partial charge in [0, 0.05) is 42.2 Å². The number of hydrogen-bond donors (Lipinski definition) is 1. The lowest BCUT2D eigenvalue weighted by Gasteiger charge is -2.19. The van der Waals surface area contributed by atoms with Crippen molar-refractivity contribution in [2.75, 3.05) is 20.7 Å². The summed E-state index contributed by atoms with van der Waals surface area (Å²) in [5.41, 5.74) is 2.64. The van der Waals surface area contributed by atoms with Crippen LogP contribution >= 0.6 is 15.9 Å². The molecule has 0 aliphatic rings. The zero-order valence-electron chi connectivity index (χ0n) is 15.2. The molecule has 0 radical (unpaired) electrons. The number of amides is 2. The number of carbonyl (C=O) groups excluding carboxylic acids is 2. The first-order valence-electron chi connectivity index (χ1n) is 8.32. The van der Waals surface area contributed by atoms with Gasteiger partial charge in [-0.15, -0.1) is 0 Å². The number of methoxy groups -OCH3 is 1. The van der Waals surface area contributed by atoms with Crippen molar-refractivity contribution in [2.45, 2.75) is 19.9 Å². The molecule has 6 heteroatoms. The Morgan fingerprint density at radius 1 is 1.15 bits per heavy atom. The summed E-state index contributed by atoms with van der Waals surface area (Å²) in [6.07, 6.45) is 0.243. The predicted molar refractivity (Wildman–Crippen MR) is 105 cm³/mol.